The molecule has 0 aliphatic carbocycles. The van der Waals surface area contributed by atoms with Gasteiger partial charge in [0.25, 0.3) is 11.8 Å². The number of hydrogen-bond donors (Lipinski definition) is 2. The molecule has 4 nitrogen and oxygen atoms in total. The fourth-order valence-electron chi connectivity index (χ4n) is 2.01. The van der Waals surface area contributed by atoms with Crippen molar-refractivity contribution in [2.75, 3.05) is 6.54 Å². The lowest BCUT2D eigenvalue weighted by Gasteiger charge is -2.08. The van der Waals surface area contributed by atoms with Gasteiger partial charge in [0.05, 0.1) is 10.0 Å². The lowest BCUT2D eigenvalue weighted by molar-refractivity contribution is 0.0947. The van der Waals surface area contributed by atoms with Gasteiger partial charge in [-0.3, -0.25) is 9.59 Å². The van der Waals surface area contributed by atoms with Gasteiger partial charge in [-0.25, -0.2) is 0 Å². The fraction of sp³-hybridized carbons (Fsp3) is 0.176. The van der Waals surface area contributed by atoms with E-state index in [4.69, 9.17) is 23.2 Å². The van der Waals surface area contributed by atoms with E-state index in [1.165, 1.54) is 6.07 Å². The molecule has 0 aromatic heterocycles. The summed E-state index contributed by atoms with van der Waals surface area (Å²) in [7, 11) is 0. The van der Waals surface area contributed by atoms with Crippen LogP contribution in [0.1, 0.15) is 33.2 Å². The van der Waals surface area contributed by atoms with Crippen molar-refractivity contribution in [1.29, 1.82) is 0 Å². The lowest BCUT2D eigenvalue weighted by Crippen LogP contribution is -2.24. The van der Waals surface area contributed by atoms with Crippen LogP contribution in [0.4, 0.5) is 0 Å². The minimum Gasteiger partial charge on any atom is -0.352 e. The van der Waals surface area contributed by atoms with E-state index in [0.717, 1.165) is 5.56 Å². The van der Waals surface area contributed by atoms with Crippen LogP contribution in [0.2, 0.25) is 10.0 Å². The maximum absolute atomic E-state index is 12.1. The molecule has 2 amide bonds. The fourth-order valence-corrected chi connectivity index (χ4v) is 2.31. The van der Waals surface area contributed by atoms with E-state index in [2.05, 4.69) is 10.6 Å². The van der Waals surface area contributed by atoms with Crippen LogP contribution in [-0.2, 0) is 6.54 Å². The standard InChI is InChI=1S/C17H16Cl2N2O2/c1-2-20-16(22)12-5-3-4-11(8-12)10-21-17(23)13-6-7-14(18)15(19)9-13/h3-9H,2,10H2,1H3,(H,20,22)(H,21,23). The minimum atomic E-state index is -0.257. The minimum absolute atomic E-state index is 0.134. The quantitative estimate of drug-likeness (QED) is 0.864. The van der Waals surface area contributed by atoms with Crippen molar-refractivity contribution in [1.82, 2.24) is 10.6 Å². The Balaban J connectivity index is 2.02. The second-order valence-electron chi connectivity index (χ2n) is 4.87. The monoisotopic (exact) mass is 350 g/mol. The van der Waals surface area contributed by atoms with Crippen LogP contribution in [-0.4, -0.2) is 18.4 Å². The number of carbonyl (C=O) groups excluding carboxylic acids is 2. The Kier molecular flexibility index (Phi) is 6.02. The van der Waals surface area contributed by atoms with Crippen molar-refractivity contribution in [2.24, 2.45) is 0 Å². The second-order valence-corrected chi connectivity index (χ2v) is 5.69. The Morgan fingerprint density at radius 1 is 0.913 bits per heavy atom. The van der Waals surface area contributed by atoms with E-state index in [9.17, 15) is 9.59 Å². The van der Waals surface area contributed by atoms with E-state index in [1.807, 2.05) is 13.0 Å². The van der Waals surface area contributed by atoms with Crippen molar-refractivity contribution in [3.63, 3.8) is 0 Å². The van der Waals surface area contributed by atoms with E-state index in [0.29, 0.717) is 34.3 Å². The van der Waals surface area contributed by atoms with Gasteiger partial charge in [-0.05, 0) is 42.8 Å². The normalized spacial score (nSPS) is 10.2. The highest BCUT2D eigenvalue weighted by Gasteiger charge is 2.09. The summed E-state index contributed by atoms with van der Waals surface area (Å²) in [6.45, 7) is 2.74. The van der Waals surface area contributed by atoms with Crippen LogP contribution in [0.3, 0.4) is 0 Å². The van der Waals surface area contributed by atoms with E-state index >= 15 is 0 Å². The molecule has 2 aromatic rings. The predicted molar refractivity (Wildman–Crippen MR) is 92.1 cm³/mol. The van der Waals surface area contributed by atoms with Crippen LogP contribution < -0.4 is 10.6 Å². The largest absolute Gasteiger partial charge is 0.352 e. The molecule has 0 radical (unpaired) electrons. The molecule has 23 heavy (non-hydrogen) atoms. The SMILES string of the molecule is CCNC(=O)c1cccc(CNC(=O)c2ccc(Cl)c(Cl)c2)c1. The Morgan fingerprint density at radius 2 is 1.61 bits per heavy atom. The van der Waals surface area contributed by atoms with E-state index < -0.39 is 0 Å². The van der Waals surface area contributed by atoms with Gasteiger partial charge < -0.3 is 10.6 Å². The molecule has 6 heteroatoms. The number of halogens is 2. The van der Waals surface area contributed by atoms with Gasteiger partial charge in [-0.15, -0.1) is 0 Å². The van der Waals surface area contributed by atoms with Crippen LogP contribution in [0.25, 0.3) is 0 Å². The van der Waals surface area contributed by atoms with E-state index in [1.54, 1.807) is 30.3 Å². The summed E-state index contributed by atoms with van der Waals surface area (Å²) in [6.07, 6.45) is 0. The van der Waals surface area contributed by atoms with Gasteiger partial charge >= 0.3 is 0 Å². The highest BCUT2D eigenvalue weighted by atomic mass is 35.5. The number of carbonyl (C=O) groups is 2. The first-order valence-corrected chi connectivity index (χ1v) is 7.87. The zero-order chi connectivity index (χ0) is 16.8. The first-order chi connectivity index (χ1) is 11.0. The molecule has 0 aliphatic heterocycles. The van der Waals surface area contributed by atoms with Gasteiger partial charge in [0.1, 0.15) is 0 Å². The van der Waals surface area contributed by atoms with Crippen molar-refractivity contribution < 1.29 is 9.59 Å². The van der Waals surface area contributed by atoms with Crippen LogP contribution in [0, 0.1) is 0 Å². The van der Waals surface area contributed by atoms with E-state index in [-0.39, 0.29) is 11.8 Å². The molecule has 0 unspecified atom stereocenters. The number of benzene rings is 2. The molecule has 0 bridgehead atoms. The Hall–Kier alpha value is -2.04. The summed E-state index contributed by atoms with van der Waals surface area (Å²) in [5.41, 5.74) is 1.83. The van der Waals surface area contributed by atoms with Crippen LogP contribution >= 0.6 is 23.2 Å². The molecule has 0 fully saturated rings. The van der Waals surface area contributed by atoms with Gasteiger partial charge in [0, 0.05) is 24.2 Å². The number of amides is 2. The first kappa shape index (κ1) is 17.3. The number of hydrogen-bond acceptors (Lipinski definition) is 2. The van der Waals surface area contributed by atoms with Crippen LogP contribution in [0.5, 0.6) is 0 Å². The lowest BCUT2D eigenvalue weighted by atomic mass is 10.1. The van der Waals surface area contributed by atoms with Crippen LogP contribution in [0.15, 0.2) is 42.5 Å². The molecule has 120 valence electrons. The average Bonchev–Trinajstić information content (AvgIpc) is 2.55. The highest BCUT2D eigenvalue weighted by Crippen LogP contribution is 2.22. The van der Waals surface area contributed by atoms with Gasteiger partial charge in [0.2, 0.25) is 0 Å². The van der Waals surface area contributed by atoms with Gasteiger partial charge in [0.15, 0.2) is 0 Å². The Morgan fingerprint density at radius 3 is 2.30 bits per heavy atom. The van der Waals surface area contributed by atoms with Gasteiger partial charge in [-0.1, -0.05) is 35.3 Å². The zero-order valence-electron chi connectivity index (χ0n) is 12.5. The first-order valence-electron chi connectivity index (χ1n) is 7.11. The molecule has 0 spiro atoms. The third-order valence-electron chi connectivity index (χ3n) is 3.16. The average molecular weight is 351 g/mol. The second kappa shape index (κ2) is 7.99. The Bertz CT molecular complexity index is 732. The molecule has 0 heterocycles. The number of nitrogens with one attached hydrogen (secondary N) is 2. The Labute approximate surface area is 144 Å². The molecule has 2 N–H and O–H groups in total. The van der Waals surface area contributed by atoms with Crippen molar-refractivity contribution in [2.45, 2.75) is 13.5 Å². The van der Waals surface area contributed by atoms with Crippen molar-refractivity contribution >= 4 is 35.0 Å². The molecular formula is C17H16Cl2N2O2. The number of rotatable bonds is 5. The predicted octanol–water partition coefficient (Wildman–Crippen LogP) is 3.67. The summed E-state index contributed by atoms with van der Waals surface area (Å²) in [5, 5.41) is 6.26. The molecule has 0 aliphatic rings. The molecule has 0 atom stereocenters. The molecule has 0 saturated heterocycles. The summed E-state index contributed by atoms with van der Waals surface area (Å²) >= 11 is 11.7. The summed E-state index contributed by atoms with van der Waals surface area (Å²) in [6, 6.07) is 11.8. The topological polar surface area (TPSA) is 58.2 Å². The van der Waals surface area contributed by atoms with Crippen molar-refractivity contribution in [3.05, 3.63) is 69.2 Å². The van der Waals surface area contributed by atoms with Crippen molar-refractivity contribution in [3.8, 4) is 0 Å². The summed E-state index contributed by atoms with van der Waals surface area (Å²) < 4.78 is 0. The molecule has 2 aromatic carbocycles. The smallest absolute Gasteiger partial charge is 0.251 e. The molecule has 0 saturated carbocycles. The maximum atomic E-state index is 12.1. The van der Waals surface area contributed by atoms with Gasteiger partial charge in [-0.2, -0.15) is 0 Å². The summed E-state index contributed by atoms with van der Waals surface area (Å²) in [4.78, 5) is 23.9. The maximum Gasteiger partial charge on any atom is 0.251 e. The molecule has 2 rings (SSSR count). The molecular weight excluding hydrogens is 335 g/mol. The summed E-state index contributed by atoms with van der Waals surface area (Å²) in [5.74, 6) is -0.392. The third kappa shape index (κ3) is 4.71. The third-order valence-corrected chi connectivity index (χ3v) is 3.90. The zero-order valence-corrected chi connectivity index (χ0v) is 14.0. The highest BCUT2D eigenvalue weighted by molar-refractivity contribution is 6.42.